The van der Waals surface area contributed by atoms with Crippen molar-refractivity contribution >= 4 is 11.8 Å². The van der Waals surface area contributed by atoms with Crippen molar-refractivity contribution in [1.82, 2.24) is 29.9 Å². The second kappa shape index (κ2) is 9.38. The van der Waals surface area contributed by atoms with Crippen LogP contribution in [0.2, 0.25) is 0 Å². The Morgan fingerprint density at radius 2 is 1.93 bits per heavy atom. The molecule has 8 heteroatoms. The zero-order chi connectivity index (χ0) is 20.9. The molecule has 2 saturated heterocycles. The second-order valence-electron chi connectivity index (χ2n) is 8.24. The largest absolute Gasteiger partial charge is 0.350 e. The van der Waals surface area contributed by atoms with Crippen LogP contribution in [0.25, 0.3) is 0 Å². The van der Waals surface area contributed by atoms with Gasteiger partial charge in [-0.15, -0.1) is 0 Å². The number of hydrogen-bond acceptors (Lipinski definition) is 5. The molecule has 2 amide bonds. The molecular formula is C22H30N6O2. The average Bonchev–Trinajstić information content (AvgIpc) is 3.23. The van der Waals surface area contributed by atoms with Crippen LogP contribution >= 0.6 is 0 Å². The summed E-state index contributed by atoms with van der Waals surface area (Å²) >= 11 is 0. The molecule has 8 nitrogen and oxygen atoms in total. The van der Waals surface area contributed by atoms with Crippen molar-refractivity contribution in [2.45, 2.75) is 38.3 Å². The van der Waals surface area contributed by atoms with E-state index in [1.807, 2.05) is 23.1 Å². The van der Waals surface area contributed by atoms with Gasteiger partial charge in [0.1, 0.15) is 5.69 Å². The summed E-state index contributed by atoms with van der Waals surface area (Å²) in [5.41, 5.74) is 1.51. The first-order valence-electron chi connectivity index (χ1n) is 10.8. The minimum absolute atomic E-state index is 0.0246. The highest BCUT2D eigenvalue weighted by Crippen LogP contribution is 2.24. The minimum atomic E-state index is 0.0246. The van der Waals surface area contributed by atoms with Gasteiger partial charge in [0.2, 0.25) is 5.91 Å². The molecule has 1 N–H and O–H groups in total. The SMILES string of the molecule is Cn1nccc1C(=O)N1CCC(N2CCC[C@@H](C(=O)NCc3ccccn3)C2)CC1. The summed E-state index contributed by atoms with van der Waals surface area (Å²) in [6.45, 7) is 3.81. The predicted octanol–water partition coefficient (Wildman–Crippen LogP) is 1.45. The maximum atomic E-state index is 12.7. The lowest BCUT2D eigenvalue weighted by molar-refractivity contribution is -0.127. The molecule has 2 aromatic heterocycles. The Bertz CT molecular complexity index is 860. The Morgan fingerprint density at radius 3 is 2.63 bits per heavy atom. The van der Waals surface area contributed by atoms with Crippen molar-refractivity contribution in [3.8, 4) is 0 Å². The Hall–Kier alpha value is -2.74. The fraction of sp³-hybridized carbons (Fsp3) is 0.545. The average molecular weight is 411 g/mol. The van der Waals surface area contributed by atoms with Gasteiger partial charge in [-0.05, 0) is 50.4 Å². The molecule has 4 rings (SSSR count). The van der Waals surface area contributed by atoms with Gasteiger partial charge >= 0.3 is 0 Å². The van der Waals surface area contributed by atoms with E-state index < -0.39 is 0 Å². The van der Waals surface area contributed by atoms with Gasteiger partial charge < -0.3 is 10.2 Å². The van der Waals surface area contributed by atoms with Crippen LogP contribution in [0.15, 0.2) is 36.7 Å². The Kier molecular flexibility index (Phi) is 6.42. The molecule has 0 bridgehead atoms. The van der Waals surface area contributed by atoms with Gasteiger partial charge in [0.25, 0.3) is 5.91 Å². The van der Waals surface area contributed by atoms with E-state index in [1.165, 1.54) is 0 Å². The molecule has 0 unspecified atom stereocenters. The van der Waals surface area contributed by atoms with Crippen LogP contribution < -0.4 is 5.32 Å². The van der Waals surface area contributed by atoms with Crippen LogP contribution in [0.1, 0.15) is 41.9 Å². The third-order valence-corrected chi connectivity index (χ3v) is 6.30. The van der Waals surface area contributed by atoms with E-state index in [0.29, 0.717) is 18.3 Å². The molecule has 4 heterocycles. The number of nitrogens with zero attached hydrogens (tertiary/aromatic N) is 5. The summed E-state index contributed by atoms with van der Waals surface area (Å²) in [4.78, 5) is 34.0. The lowest BCUT2D eigenvalue weighted by Crippen LogP contribution is -2.51. The molecule has 0 radical (unpaired) electrons. The number of aryl methyl sites for hydroxylation is 1. The molecule has 160 valence electrons. The van der Waals surface area contributed by atoms with Crippen molar-refractivity contribution in [3.05, 3.63) is 48.0 Å². The number of amides is 2. The van der Waals surface area contributed by atoms with Crippen molar-refractivity contribution in [1.29, 1.82) is 0 Å². The Labute approximate surface area is 177 Å². The number of likely N-dealkylation sites (tertiary alicyclic amines) is 2. The minimum Gasteiger partial charge on any atom is -0.350 e. The predicted molar refractivity (Wildman–Crippen MR) is 113 cm³/mol. The smallest absolute Gasteiger partial charge is 0.272 e. The van der Waals surface area contributed by atoms with Crippen LogP contribution in [0, 0.1) is 5.92 Å². The monoisotopic (exact) mass is 410 g/mol. The summed E-state index contributed by atoms with van der Waals surface area (Å²) in [6.07, 6.45) is 7.28. The zero-order valence-corrected chi connectivity index (χ0v) is 17.5. The fourth-order valence-electron chi connectivity index (χ4n) is 4.56. The van der Waals surface area contributed by atoms with E-state index in [-0.39, 0.29) is 17.7 Å². The van der Waals surface area contributed by atoms with E-state index in [4.69, 9.17) is 0 Å². The fourth-order valence-corrected chi connectivity index (χ4v) is 4.56. The standard InChI is InChI=1S/C22H30N6O2/c1-26-20(7-11-25-26)22(30)27-13-8-19(9-14-27)28-12-4-5-17(16-28)21(29)24-15-18-6-2-3-10-23-18/h2-3,6-7,10-11,17,19H,4-5,8-9,12-16H2,1H3,(H,24,29)/t17-/m1/s1. The van der Waals surface area contributed by atoms with E-state index in [2.05, 4.69) is 20.3 Å². The van der Waals surface area contributed by atoms with E-state index in [9.17, 15) is 9.59 Å². The van der Waals surface area contributed by atoms with Gasteiger partial charge in [0.15, 0.2) is 0 Å². The third-order valence-electron chi connectivity index (χ3n) is 6.30. The van der Waals surface area contributed by atoms with E-state index in [1.54, 1.807) is 30.2 Å². The molecule has 2 aliphatic rings. The molecule has 0 aromatic carbocycles. The lowest BCUT2D eigenvalue weighted by atomic mass is 9.93. The first-order valence-corrected chi connectivity index (χ1v) is 10.8. The zero-order valence-electron chi connectivity index (χ0n) is 17.5. The number of carbonyl (C=O) groups is 2. The number of pyridine rings is 1. The number of nitrogens with one attached hydrogen (secondary N) is 1. The van der Waals surface area contributed by atoms with Gasteiger partial charge in [0, 0.05) is 45.1 Å². The summed E-state index contributed by atoms with van der Waals surface area (Å²) in [7, 11) is 1.80. The number of piperidine rings is 2. The van der Waals surface area contributed by atoms with Gasteiger partial charge in [-0.3, -0.25) is 24.2 Å². The van der Waals surface area contributed by atoms with Crippen molar-refractivity contribution < 1.29 is 9.59 Å². The molecule has 2 fully saturated rings. The number of carbonyl (C=O) groups excluding carboxylic acids is 2. The lowest BCUT2D eigenvalue weighted by Gasteiger charge is -2.42. The number of aromatic nitrogens is 3. The highest BCUT2D eigenvalue weighted by atomic mass is 16.2. The summed E-state index contributed by atoms with van der Waals surface area (Å²) in [6, 6.07) is 7.94. The second-order valence-corrected chi connectivity index (χ2v) is 8.24. The van der Waals surface area contributed by atoms with Gasteiger partial charge in [0.05, 0.1) is 18.2 Å². The first-order chi connectivity index (χ1) is 14.6. The topological polar surface area (TPSA) is 83.4 Å². The van der Waals surface area contributed by atoms with Crippen LogP contribution in [0.5, 0.6) is 0 Å². The van der Waals surface area contributed by atoms with Crippen LogP contribution in [0.3, 0.4) is 0 Å². The van der Waals surface area contributed by atoms with Crippen molar-refractivity contribution in [3.63, 3.8) is 0 Å². The molecular weight excluding hydrogens is 380 g/mol. The van der Waals surface area contributed by atoms with Crippen LogP contribution in [0.4, 0.5) is 0 Å². The molecule has 2 aromatic rings. The summed E-state index contributed by atoms with van der Waals surface area (Å²) in [5.74, 6) is 0.199. The molecule has 1 atom stereocenters. The van der Waals surface area contributed by atoms with E-state index >= 15 is 0 Å². The Balaban J connectivity index is 1.26. The maximum Gasteiger partial charge on any atom is 0.272 e. The number of rotatable bonds is 5. The van der Waals surface area contributed by atoms with E-state index in [0.717, 1.165) is 57.6 Å². The van der Waals surface area contributed by atoms with Gasteiger partial charge in [-0.2, -0.15) is 5.10 Å². The molecule has 0 saturated carbocycles. The maximum absolute atomic E-state index is 12.7. The highest BCUT2D eigenvalue weighted by molar-refractivity contribution is 5.92. The van der Waals surface area contributed by atoms with Crippen molar-refractivity contribution in [2.75, 3.05) is 26.2 Å². The summed E-state index contributed by atoms with van der Waals surface area (Å²) < 4.78 is 1.63. The first kappa shape index (κ1) is 20.5. The molecule has 0 aliphatic carbocycles. The van der Waals surface area contributed by atoms with Crippen molar-refractivity contribution in [2.24, 2.45) is 13.0 Å². The quantitative estimate of drug-likeness (QED) is 0.807. The van der Waals surface area contributed by atoms with Crippen LogP contribution in [-0.4, -0.2) is 68.6 Å². The normalized spacial score (nSPS) is 20.8. The van der Waals surface area contributed by atoms with Crippen LogP contribution in [-0.2, 0) is 18.4 Å². The number of hydrogen-bond donors (Lipinski definition) is 1. The highest BCUT2D eigenvalue weighted by Gasteiger charge is 2.33. The van der Waals surface area contributed by atoms with Gasteiger partial charge in [-0.25, -0.2) is 0 Å². The molecule has 0 spiro atoms. The molecule has 30 heavy (non-hydrogen) atoms. The summed E-state index contributed by atoms with van der Waals surface area (Å²) in [5, 5.41) is 7.15. The molecule has 2 aliphatic heterocycles. The Morgan fingerprint density at radius 1 is 1.10 bits per heavy atom. The van der Waals surface area contributed by atoms with Gasteiger partial charge in [-0.1, -0.05) is 6.07 Å². The third kappa shape index (κ3) is 4.70.